The van der Waals surface area contributed by atoms with Gasteiger partial charge in [0, 0.05) is 30.1 Å². The van der Waals surface area contributed by atoms with Crippen LogP contribution >= 0.6 is 0 Å². The minimum Gasteiger partial charge on any atom is -0.550 e. The average molecular weight is 357 g/mol. The molecule has 0 radical (unpaired) electrons. The van der Waals surface area contributed by atoms with Crippen molar-refractivity contribution in [2.45, 2.75) is 19.4 Å². The van der Waals surface area contributed by atoms with E-state index in [4.69, 9.17) is 4.74 Å². The van der Waals surface area contributed by atoms with E-state index in [-0.39, 0.29) is 5.69 Å². The lowest BCUT2D eigenvalue weighted by Crippen LogP contribution is -2.34. The monoisotopic (exact) mass is 357 g/mol. The summed E-state index contributed by atoms with van der Waals surface area (Å²) in [5, 5.41) is 24.5. The minimum atomic E-state index is -1.38. The second-order valence-corrected chi connectivity index (χ2v) is 5.41. The van der Waals surface area contributed by atoms with Crippen LogP contribution in [0.4, 0.5) is 5.69 Å². The first-order valence-electron chi connectivity index (χ1n) is 7.88. The van der Waals surface area contributed by atoms with Crippen molar-refractivity contribution in [2.75, 3.05) is 6.61 Å². The van der Waals surface area contributed by atoms with Gasteiger partial charge in [-0.05, 0) is 36.8 Å². The van der Waals surface area contributed by atoms with Gasteiger partial charge in [0.2, 0.25) is 0 Å². The van der Waals surface area contributed by atoms with Gasteiger partial charge >= 0.3 is 0 Å². The summed E-state index contributed by atoms with van der Waals surface area (Å²) < 4.78 is 5.30. The highest BCUT2D eigenvalue weighted by Gasteiger charge is 2.18. The van der Waals surface area contributed by atoms with Gasteiger partial charge in [-0.2, -0.15) is 0 Å². The van der Waals surface area contributed by atoms with E-state index >= 15 is 0 Å². The fourth-order valence-corrected chi connectivity index (χ4v) is 2.38. The maximum atomic E-state index is 12.4. The van der Waals surface area contributed by atoms with Crippen molar-refractivity contribution >= 4 is 17.6 Å². The molecule has 2 rings (SSSR count). The third-order valence-electron chi connectivity index (χ3n) is 3.59. The summed E-state index contributed by atoms with van der Waals surface area (Å²) in [5.74, 6) is -1.28. The number of hydrogen-bond donors (Lipinski definition) is 1. The van der Waals surface area contributed by atoms with E-state index in [0.717, 1.165) is 0 Å². The summed E-state index contributed by atoms with van der Waals surface area (Å²) in [7, 11) is 0. The molecule has 2 aromatic rings. The fourth-order valence-electron chi connectivity index (χ4n) is 2.38. The Hall–Kier alpha value is -3.42. The number of amides is 1. The summed E-state index contributed by atoms with van der Waals surface area (Å²) in [6, 6.07) is 10.8. The Labute approximate surface area is 149 Å². The SMILES string of the molecule is CCOc1ccc(C(=O)N[C@H](CC(=O)[O-])c2cccc([N+](=O)[O-])c2)cc1. The van der Waals surface area contributed by atoms with Crippen LogP contribution < -0.4 is 15.2 Å². The number of hydrogen-bond acceptors (Lipinski definition) is 6. The van der Waals surface area contributed by atoms with Gasteiger partial charge in [0.15, 0.2) is 0 Å². The fraction of sp³-hybridized carbons (Fsp3) is 0.222. The highest BCUT2D eigenvalue weighted by Crippen LogP contribution is 2.22. The maximum Gasteiger partial charge on any atom is 0.269 e. The van der Waals surface area contributed by atoms with E-state index in [9.17, 15) is 24.8 Å². The Morgan fingerprint density at radius 1 is 1.19 bits per heavy atom. The molecule has 1 N–H and O–H groups in total. The highest BCUT2D eigenvalue weighted by molar-refractivity contribution is 5.94. The molecular formula is C18H17N2O6-. The quantitative estimate of drug-likeness (QED) is 0.566. The molecule has 0 aliphatic heterocycles. The van der Waals surface area contributed by atoms with Crippen LogP contribution in [0.15, 0.2) is 48.5 Å². The number of aliphatic carboxylic acids is 1. The van der Waals surface area contributed by atoms with Gasteiger partial charge in [-0.3, -0.25) is 14.9 Å². The van der Waals surface area contributed by atoms with Crippen LogP contribution in [0.25, 0.3) is 0 Å². The molecule has 1 atom stereocenters. The molecule has 0 spiro atoms. The number of ether oxygens (including phenoxy) is 1. The molecule has 26 heavy (non-hydrogen) atoms. The molecule has 0 fully saturated rings. The van der Waals surface area contributed by atoms with E-state index < -0.39 is 29.3 Å². The largest absolute Gasteiger partial charge is 0.550 e. The third kappa shape index (κ3) is 5.04. The van der Waals surface area contributed by atoms with Crippen molar-refractivity contribution in [3.63, 3.8) is 0 Å². The number of nitro groups is 1. The van der Waals surface area contributed by atoms with Crippen LogP contribution in [0.3, 0.4) is 0 Å². The van der Waals surface area contributed by atoms with Gasteiger partial charge in [0.25, 0.3) is 11.6 Å². The number of non-ortho nitro benzene ring substituents is 1. The molecule has 0 saturated carbocycles. The second kappa shape index (κ2) is 8.61. The van der Waals surface area contributed by atoms with Gasteiger partial charge in [0.1, 0.15) is 5.75 Å². The van der Waals surface area contributed by atoms with Gasteiger partial charge in [0.05, 0.1) is 17.6 Å². The lowest BCUT2D eigenvalue weighted by molar-refractivity contribution is -0.385. The van der Waals surface area contributed by atoms with Crippen LogP contribution in [-0.4, -0.2) is 23.4 Å². The van der Waals surface area contributed by atoms with Crippen LogP contribution in [0.5, 0.6) is 5.75 Å². The summed E-state index contributed by atoms with van der Waals surface area (Å²) >= 11 is 0. The van der Waals surface area contributed by atoms with E-state index in [1.165, 1.54) is 24.3 Å². The summed E-state index contributed by atoms with van der Waals surface area (Å²) in [4.78, 5) is 33.7. The van der Waals surface area contributed by atoms with Gasteiger partial charge in [-0.1, -0.05) is 12.1 Å². The molecule has 1 amide bonds. The zero-order valence-electron chi connectivity index (χ0n) is 14.0. The minimum absolute atomic E-state index is 0.193. The van der Waals surface area contributed by atoms with Crippen LogP contribution in [-0.2, 0) is 4.79 Å². The first-order valence-corrected chi connectivity index (χ1v) is 7.88. The van der Waals surface area contributed by atoms with Crippen molar-refractivity contribution in [1.29, 1.82) is 0 Å². The Kier molecular flexibility index (Phi) is 6.26. The number of rotatable bonds is 8. The Morgan fingerprint density at radius 2 is 1.88 bits per heavy atom. The van der Waals surface area contributed by atoms with E-state index in [1.807, 2.05) is 6.92 Å². The molecule has 0 unspecified atom stereocenters. The van der Waals surface area contributed by atoms with Crippen LogP contribution in [0.2, 0.25) is 0 Å². The number of carboxylic acid groups (broad SMARTS) is 1. The maximum absolute atomic E-state index is 12.4. The van der Waals surface area contributed by atoms with E-state index in [0.29, 0.717) is 23.5 Å². The number of carbonyl (C=O) groups is 2. The molecule has 8 heteroatoms. The van der Waals surface area contributed by atoms with Gasteiger partial charge in [-0.25, -0.2) is 0 Å². The third-order valence-corrected chi connectivity index (χ3v) is 3.59. The molecular weight excluding hydrogens is 340 g/mol. The number of carboxylic acids is 1. The van der Waals surface area contributed by atoms with Crippen molar-refractivity contribution in [1.82, 2.24) is 5.32 Å². The highest BCUT2D eigenvalue weighted by atomic mass is 16.6. The molecule has 0 aliphatic carbocycles. The normalized spacial score (nSPS) is 11.4. The van der Waals surface area contributed by atoms with Crippen LogP contribution in [0, 0.1) is 10.1 Å². The van der Waals surface area contributed by atoms with Crippen LogP contribution in [0.1, 0.15) is 35.3 Å². The zero-order valence-corrected chi connectivity index (χ0v) is 14.0. The Morgan fingerprint density at radius 3 is 2.46 bits per heavy atom. The van der Waals surface area contributed by atoms with Crippen molar-refractivity contribution in [3.05, 3.63) is 69.8 Å². The molecule has 0 bridgehead atoms. The molecule has 0 heterocycles. The van der Waals surface area contributed by atoms with Gasteiger partial charge in [-0.15, -0.1) is 0 Å². The Balaban J connectivity index is 2.21. The summed E-state index contributed by atoms with van der Waals surface area (Å²) in [6.07, 6.45) is -0.510. The van der Waals surface area contributed by atoms with Crippen molar-refractivity contribution in [2.24, 2.45) is 0 Å². The average Bonchev–Trinajstić information content (AvgIpc) is 2.61. The second-order valence-electron chi connectivity index (χ2n) is 5.41. The first kappa shape index (κ1) is 18.9. The molecule has 136 valence electrons. The standard InChI is InChI=1S/C18H18N2O6/c1-2-26-15-8-6-12(7-9-15)18(23)19-16(11-17(21)22)13-4-3-5-14(10-13)20(24)25/h3-10,16H,2,11H2,1H3,(H,19,23)(H,21,22)/p-1/t16-/m1/s1. The van der Waals surface area contributed by atoms with Crippen molar-refractivity contribution in [3.8, 4) is 5.75 Å². The first-order chi connectivity index (χ1) is 12.4. The lowest BCUT2D eigenvalue weighted by atomic mass is 10.0. The van der Waals surface area contributed by atoms with Gasteiger partial charge < -0.3 is 20.0 Å². The topological polar surface area (TPSA) is 122 Å². The molecule has 0 aromatic heterocycles. The summed E-state index contributed by atoms with van der Waals surface area (Å²) in [5.41, 5.74) is 0.422. The lowest BCUT2D eigenvalue weighted by Gasteiger charge is -2.20. The summed E-state index contributed by atoms with van der Waals surface area (Å²) in [6.45, 7) is 2.33. The zero-order chi connectivity index (χ0) is 19.1. The molecule has 0 aliphatic rings. The number of carbonyl (C=O) groups excluding carboxylic acids is 2. The van der Waals surface area contributed by atoms with E-state index in [1.54, 1.807) is 24.3 Å². The van der Waals surface area contributed by atoms with Crippen molar-refractivity contribution < 1.29 is 24.4 Å². The Bertz CT molecular complexity index is 804. The number of nitrogens with one attached hydrogen (secondary N) is 1. The number of nitro benzene ring substituents is 1. The van der Waals surface area contributed by atoms with E-state index in [2.05, 4.69) is 5.32 Å². The molecule has 2 aromatic carbocycles. The molecule has 8 nitrogen and oxygen atoms in total. The number of benzene rings is 2. The number of nitrogens with zero attached hydrogens (tertiary/aromatic N) is 1. The molecule has 0 saturated heterocycles. The predicted molar refractivity (Wildman–Crippen MR) is 90.5 cm³/mol. The smallest absolute Gasteiger partial charge is 0.269 e. The predicted octanol–water partition coefficient (Wildman–Crippen LogP) is 1.60.